The molecule has 3 N–H and O–H groups in total. The molecular formula is C12H12N4O2. The van der Waals surface area contributed by atoms with Gasteiger partial charge in [-0.2, -0.15) is 0 Å². The number of ether oxygens (including phenoxy) is 1. The summed E-state index contributed by atoms with van der Waals surface area (Å²) in [4.78, 5) is 11.2. The van der Waals surface area contributed by atoms with Gasteiger partial charge in [-0.1, -0.05) is 6.07 Å². The van der Waals surface area contributed by atoms with Crippen molar-refractivity contribution in [2.24, 2.45) is 0 Å². The van der Waals surface area contributed by atoms with Gasteiger partial charge in [0.25, 0.3) is 0 Å². The van der Waals surface area contributed by atoms with Gasteiger partial charge in [0, 0.05) is 11.4 Å². The molecule has 0 fully saturated rings. The second kappa shape index (κ2) is 5.13. The molecule has 0 radical (unpaired) electrons. The molecule has 92 valence electrons. The fourth-order valence-corrected chi connectivity index (χ4v) is 1.38. The summed E-state index contributed by atoms with van der Waals surface area (Å²) in [6, 6.07) is 10.4. The van der Waals surface area contributed by atoms with Crippen LogP contribution >= 0.6 is 0 Å². The van der Waals surface area contributed by atoms with Gasteiger partial charge in [0.2, 0.25) is 0 Å². The zero-order valence-electron chi connectivity index (χ0n) is 9.75. The molecule has 0 bridgehead atoms. The number of nitrogens with one attached hydrogen (secondary N) is 1. The van der Waals surface area contributed by atoms with Crippen LogP contribution in [0.25, 0.3) is 0 Å². The fraction of sp³-hybridized carbons (Fsp3) is 0.0833. The highest BCUT2D eigenvalue weighted by Gasteiger charge is 2.07. The molecule has 1 heterocycles. The lowest BCUT2D eigenvalue weighted by Crippen LogP contribution is -2.06. The van der Waals surface area contributed by atoms with Crippen molar-refractivity contribution >= 4 is 23.2 Å². The van der Waals surface area contributed by atoms with E-state index in [9.17, 15) is 4.79 Å². The van der Waals surface area contributed by atoms with Gasteiger partial charge in [0.1, 0.15) is 0 Å². The fourth-order valence-electron chi connectivity index (χ4n) is 1.38. The highest BCUT2D eigenvalue weighted by molar-refractivity contribution is 5.87. The van der Waals surface area contributed by atoms with Gasteiger partial charge in [0.05, 0.1) is 7.11 Å². The third-order valence-electron chi connectivity index (χ3n) is 2.22. The minimum absolute atomic E-state index is 0.163. The number of esters is 1. The molecule has 6 nitrogen and oxygen atoms in total. The van der Waals surface area contributed by atoms with Crippen LogP contribution in [0, 0.1) is 0 Å². The summed E-state index contributed by atoms with van der Waals surface area (Å²) in [6.45, 7) is 0. The Morgan fingerprint density at radius 3 is 2.72 bits per heavy atom. The van der Waals surface area contributed by atoms with Crippen LogP contribution in [0.15, 0.2) is 36.4 Å². The molecule has 6 heteroatoms. The quantitative estimate of drug-likeness (QED) is 0.629. The molecule has 0 saturated heterocycles. The maximum atomic E-state index is 11.2. The normalized spacial score (nSPS) is 9.83. The smallest absolute Gasteiger partial charge is 0.358 e. The van der Waals surface area contributed by atoms with E-state index in [1.54, 1.807) is 18.2 Å². The summed E-state index contributed by atoms with van der Waals surface area (Å²) in [5.41, 5.74) is 7.27. The first-order chi connectivity index (χ1) is 8.69. The van der Waals surface area contributed by atoms with Crippen LogP contribution in [0.1, 0.15) is 10.5 Å². The van der Waals surface area contributed by atoms with Gasteiger partial charge < -0.3 is 15.8 Å². The number of methoxy groups -OCH3 is 1. The van der Waals surface area contributed by atoms with Crippen molar-refractivity contribution in [3.63, 3.8) is 0 Å². The predicted molar refractivity (Wildman–Crippen MR) is 67.5 cm³/mol. The topological polar surface area (TPSA) is 90.1 Å². The summed E-state index contributed by atoms with van der Waals surface area (Å²) in [6.07, 6.45) is 0. The van der Waals surface area contributed by atoms with Crippen molar-refractivity contribution in [3.05, 3.63) is 42.1 Å². The van der Waals surface area contributed by atoms with E-state index in [2.05, 4.69) is 20.3 Å². The van der Waals surface area contributed by atoms with Crippen LogP contribution in [0.3, 0.4) is 0 Å². The Hall–Kier alpha value is -2.63. The molecule has 1 aromatic carbocycles. The molecular weight excluding hydrogens is 232 g/mol. The predicted octanol–water partition coefficient (Wildman–Crippen LogP) is 1.59. The molecule has 0 amide bonds. The van der Waals surface area contributed by atoms with Crippen molar-refractivity contribution in [2.75, 3.05) is 18.2 Å². The summed E-state index contributed by atoms with van der Waals surface area (Å²) in [5, 5.41) is 10.6. The van der Waals surface area contributed by atoms with Crippen LogP contribution in [0.5, 0.6) is 0 Å². The minimum Gasteiger partial charge on any atom is -0.464 e. The Kier molecular flexibility index (Phi) is 3.38. The number of carbonyl (C=O) groups excluding carboxylic acids is 1. The summed E-state index contributed by atoms with van der Waals surface area (Å²) >= 11 is 0. The van der Waals surface area contributed by atoms with E-state index in [1.165, 1.54) is 13.2 Å². The highest BCUT2D eigenvalue weighted by atomic mass is 16.5. The minimum atomic E-state index is -0.516. The zero-order valence-corrected chi connectivity index (χ0v) is 9.75. The number of benzene rings is 1. The SMILES string of the molecule is COC(=O)c1ccc(Nc2cccc(N)c2)nn1. The molecule has 0 aliphatic heterocycles. The lowest BCUT2D eigenvalue weighted by molar-refractivity contribution is 0.0593. The van der Waals surface area contributed by atoms with Crippen LogP contribution in [-0.2, 0) is 4.74 Å². The first kappa shape index (κ1) is 11.8. The lowest BCUT2D eigenvalue weighted by atomic mass is 10.3. The molecule has 2 aromatic rings. The number of anilines is 3. The number of hydrogen-bond acceptors (Lipinski definition) is 6. The van der Waals surface area contributed by atoms with Crippen LogP contribution in [-0.4, -0.2) is 23.3 Å². The lowest BCUT2D eigenvalue weighted by Gasteiger charge is -2.05. The van der Waals surface area contributed by atoms with Crippen LogP contribution < -0.4 is 11.1 Å². The maximum absolute atomic E-state index is 11.2. The van der Waals surface area contributed by atoms with E-state index >= 15 is 0 Å². The molecule has 2 rings (SSSR count). The van der Waals surface area contributed by atoms with Crippen LogP contribution in [0.4, 0.5) is 17.2 Å². The van der Waals surface area contributed by atoms with E-state index < -0.39 is 5.97 Å². The van der Waals surface area contributed by atoms with E-state index in [4.69, 9.17) is 5.73 Å². The van der Waals surface area contributed by atoms with Crippen molar-refractivity contribution in [1.82, 2.24) is 10.2 Å². The molecule has 0 aliphatic rings. The van der Waals surface area contributed by atoms with Gasteiger partial charge in [-0.15, -0.1) is 10.2 Å². The summed E-state index contributed by atoms with van der Waals surface area (Å²) < 4.78 is 4.53. The van der Waals surface area contributed by atoms with E-state index in [0.717, 1.165) is 5.69 Å². The van der Waals surface area contributed by atoms with Gasteiger partial charge >= 0.3 is 5.97 Å². The number of nitrogens with zero attached hydrogens (tertiary/aromatic N) is 2. The molecule has 0 aliphatic carbocycles. The standard InChI is InChI=1S/C12H12N4O2/c1-18-12(17)10-5-6-11(16-15-10)14-9-4-2-3-8(13)7-9/h2-7H,13H2,1H3,(H,14,16). The average molecular weight is 244 g/mol. The van der Waals surface area contributed by atoms with Gasteiger partial charge in [-0.05, 0) is 30.3 Å². The molecule has 0 saturated carbocycles. The third-order valence-corrected chi connectivity index (χ3v) is 2.22. The van der Waals surface area contributed by atoms with Gasteiger partial charge in [-0.25, -0.2) is 4.79 Å². The zero-order chi connectivity index (χ0) is 13.0. The van der Waals surface area contributed by atoms with Crippen molar-refractivity contribution in [3.8, 4) is 0 Å². The molecule has 18 heavy (non-hydrogen) atoms. The van der Waals surface area contributed by atoms with Crippen molar-refractivity contribution < 1.29 is 9.53 Å². The molecule has 0 unspecified atom stereocenters. The first-order valence-corrected chi connectivity index (χ1v) is 5.23. The third kappa shape index (κ3) is 2.73. The number of carbonyl (C=O) groups is 1. The average Bonchev–Trinajstić information content (AvgIpc) is 2.39. The number of hydrogen-bond donors (Lipinski definition) is 2. The number of nitrogen functional groups attached to an aromatic ring is 1. The summed E-state index contributed by atoms with van der Waals surface area (Å²) in [5.74, 6) is 0.00580. The van der Waals surface area contributed by atoms with Crippen LogP contribution in [0.2, 0.25) is 0 Å². The first-order valence-electron chi connectivity index (χ1n) is 5.23. The number of rotatable bonds is 3. The van der Waals surface area contributed by atoms with E-state index in [0.29, 0.717) is 11.5 Å². The Labute approximate surface area is 104 Å². The van der Waals surface area contributed by atoms with Crippen molar-refractivity contribution in [1.29, 1.82) is 0 Å². The second-order valence-electron chi connectivity index (χ2n) is 3.55. The van der Waals surface area contributed by atoms with Gasteiger partial charge in [0.15, 0.2) is 11.5 Å². The van der Waals surface area contributed by atoms with E-state index in [1.807, 2.05) is 12.1 Å². The molecule has 0 atom stereocenters. The number of aromatic nitrogens is 2. The Bertz CT molecular complexity index is 554. The number of nitrogens with two attached hydrogens (primary N) is 1. The Morgan fingerprint density at radius 2 is 2.11 bits per heavy atom. The Morgan fingerprint density at radius 1 is 1.28 bits per heavy atom. The maximum Gasteiger partial charge on any atom is 0.358 e. The monoisotopic (exact) mass is 244 g/mol. The second-order valence-corrected chi connectivity index (χ2v) is 3.55. The highest BCUT2D eigenvalue weighted by Crippen LogP contribution is 2.16. The summed E-state index contributed by atoms with van der Waals surface area (Å²) in [7, 11) is 1.29. The van der Waals surface area contributed by atoms with E-state index in [-0.39, 0.29) is 5.69 Å². The van der Waals surface area contributed by atoms with Gasteiger partial charge in [-0.3, -0.25) is 0 Å². The largest absolute Gasteiger partial charge is 0.464 e. The van der Waals surface area contributed by atoms with Crippen molar-refractivity contribution in [2.45, 2.75) is 0 Å². The molecule has 0 spiro atoms. The molecule has 1 aromatic heterocycles. The Balaban J connectivity index is 2.13.